The van der Waals surface area contributed by atoms with Crippen LogP contribution < -0.4 is 21.5 Å². The van der Waals surface area contributed by atoms with Crippen molar-refractivity contribution in [2.75, 3.05) is 6.54 Å². The van der Waals surface area contributed by atoms with Gasteiger partial charge in [-0.15, -0.1) is 0 Å². The molecule has 0 saturated heterocycles. The van der Waals surface area contributed by atoms with Gasteiger partial charge in [-0.2, -0.15) is 0 Å². The third-order valence-corrected chi connectivity index (χ3v) is 7.16. The number of hydrogen-bond acceptors (Lipinski definition) is 5. The minimum Gasteiger partial charge on any atom is -0.351 e. The molecule has 5 N–H and O–H groups in total. The Bertz CT molecular complexity index is 1370. The highest BCUT2D eigenvalue weighted by molar-refractivity contribution is 6.38. The number of aromatic nitrogens is 2. The number of aromatic amines is 2. The van der Waals surface area contributed by atoms with Gasteiger partial charge in [-0.25, -0.2) is 0 Å². The number of Topliss-reactive ketones (excluding diaryl/α,β-unsaturated/α-hetero) is 1. The number of pyridine rings is 1. The molecule has 39 heavy (non-hydrogen) atoms. The number of rotatable bonds is 13. The molecular formula is C29H35N5O5. The van der Waals surface area contributed by atoms with E-state index in [0.717, 1.165) is 30.2 Å². The molecule has 10 nitrogen and oxygen atoms in total. The normalized spacial score (nSPS) is 15.2. The fourth-order valence-corrected chi connectivity index (χ4v) is 4.36. The monoisotopic (exact) mass is 533 g/mol. The number of carbonyl (C=O) groups excluding carboxylic acids is 4. The zero-order chi connectivity index (χ0) is 27.9. The second-order valence-corrected chi connectivity index (χ2v) is 10.4. The molecule has 3 unspecified atom stereocenters. The topological polar surface area (TPSA) is 153 Å². The summed E-state index contributed by atoms with van der Waals surface area (Å²) in [6.45, 7) is 4.35. The Morgan fingerprint density at radius 1 is 1.03 bits per heavy atom. The first-order valence-electron chi connectivity index (χ1n) is 13.4. The number of H-pyrrole nitrogens is 2. The molecule has 10 heteroatoms. The summed E-state index contributed by atoms with van der Waals surface area (Å²) in [7, 11) is 0. The summed E-state index contributed by atoms with van der Waals surface area (Å²) >= 11 is 0. The second-order valence-electron chi connectivity index (χ2n) is 10.4. The maximum absolute atomic E-state index is 13.5. The summed E-state index contributed by atoms with van der Waals surface area (Å²) < 4.78 is 0. The largest absolute Gasteiger partial charge is 0.351 e. The van der Waals surface area contributed by atoms with Gasteiger partial charge in [-0.05, 0) is 49.3 Å². The molecule has 206 valence electrons. The Hall–Kier alpha value is -4.21. The Kier molecular flexibility index (Phi) is 8.96. The summed E-state index contributed by atoms with van der Waals surface area (Å²) in [4.78, 5) is 70.3. The van der Waals surface area contributed by atoms with E-state index in [4.69, 9.17) is 0 Å². The van der Waals surface area contributed by atoms with Crippen molar-refractivity contribution in [3.05, 3.63) is 70.3 Å². The number of ketones is 1. The molecule has 1 aliphatic carbocycles. The van der Waals surface area contributed by atoms with Gasteiger partial charge >= 0.3 is 0 Å². The van der Waals surface area contributed by atoms with Gasteiger partial charge in [0, 0.05) is 35.6 Å². The van der Waals surface area contributed by atoms with Crippen LogP contribution in [-0.2, 0) is 20.8 Å². The SMILES string of the molecule is CCC(C)CC(NC(=O)c1cc2ccccc2[nH]1)C(=O)NC(Cc1ccc[nH]c1=O)C(=O)C(=O)NCC1CC1. The third-order valence-electron chi connectivity index (χ3n) is 7.16. The predicted molar refractivity (Wildman–Crippen MR) is 147 cm³/mol. The maximum Gasteiger partial charge on any atom is 0.289 e. The van der Waals surface area contributed by atoms with Crippen molar-refractivity contribution in [3.63, 3.8) is 0 Å². The lowest BCUT2D eigenvalue weighted by Gasteiger charge is -2.24. The van der Waals surface area contributed by atoms with E-state index in [1.165, 1.54) is 6.20 Å². The van der Waals surface area contributed by atoms with Crippen LogP contribution in [0.5, 0.6) is 0 Å². The van der Waals surface area contributed by atoms with Gasteiger partial charge < -0.3 is 25.9 Å². The summed E-state index contributed by atoms with van der Waals surface area (Å²) in [5.41, 5.74) is 0.945. The number of benzene rings is 1. The van der Waals surface area contributed by atoms with Crippen LogP contribution >= 0.6 is 0 Å². The van der Waals surface area contributed by atoms with E-state index in [2.05, 4.69) is 25.9 Å². The van der Waals surface area contributed by atoms with E-state index in [1.54, 1.807) is 18.2 Å². The van der Waals surface area contributed by atoms with Gasteiger partial charge in [0.1, 0.15) is 17.8 Å². The quantitative estimate of drug-likeness (QED) is 0.213. The van der Waals surface area contributed by atoms with Crippen LogP contribution in [0.3, 0.4) is 0 Å². The van der Waals surface area contributed by atoms with Crippen molar-refractivity contribution in [2.24, 2.45) is 11.8 Å². The van der Waals surface area contributed by atoms with E-state index >= 15 is 0 Å². The van der Waals surface area contributed by atoms with E-state index in [0.29, 0.717) is 24.6 Å². The van der Waals surface area contributed by atoms with Crippen LogP contribution in [0.1, 0.15) is 55.6 Å². The van der Waals surface area contributed by atoms with Crippen molar-refractivity contribution < 1.29 is 19.2 Å². The van der Waals surface area contributed by atoms with E-state index in [1.807, 2.05) is 38.1 Å². The number of para-hydroxylation sites is 1. The Morgan fingerprint density at radius 2 is 1.79 bits per heavy atom. The maximum atomic E-state index is 13.5. The zero-order valence-corrected chi connectivity index (χ0v) is 22.2. The molecule has 2 aromatic heterocycles. The molecule has 0 aliphatic heterocycles. The zero-order valence-electron chi connectivity index (χ0n) is 22.2. The molecule has 1 aliphatic rings. The molecule has 3 aromatic rings. The molecule has 1 fully saturated rings. The Labute approximate surface area is 226 Å². The second kappa shape index (κ2) is 12.6. The minimum atomic E-state index is -1.27. The highest BCUT2D eigenvalue weighted by atomic mass is 16.2. The fourth-order valence-electron chi connectivity index (χ4n) is 4.36. The van der Waals surface area contributed by atoms with Crippen LogP contribution in [0.15, 0.2) is 53.5 Å². The molecular weight excluding hydrogens is 498 g/mol. The smallest absolute Gasteiger partial charge is 0.289 e. The van der Waals surface area contributed by atoms with Crippen LogP contribution in [0, 0.1) is 11.8 Å². The standard InChI is InChI=1S/C29H35N5O5/c1-3-17(2)13-23(34-28(38)24-14-19-7-4-5-9-21(19)32-24)27(37)33-22(15-20-8-6-12-30-26(20)36)25(35)29(39)31-16-18-10-11-18/h4-9,12,14,17-18,22-23,32H,3,10-11,13,15-16H2,1-2H3,(H,30,36)(H,31,39)(H,33,37)(H,34,38). The highest BCUT2D eigenvalue weighted by Crippen LogP contribution is 2.27. The van der Waals surface area contributed by atoms with Gasteiger partial charge in [0.2, 0.25) is 11.7 Å². The molecule has 4 rings (SSSR count). The third kappa shape index (κ3) is 7.43. The average Bonchev–Trinajstić information content (AvgIpc) is 3.66. The first-order valence-corrected chi connectivity index (χ1v) is 13.4. The summed E-state index contributed by atoms with van der Waals surface area (Å²) in [5, 5.41) is 8.96. The lowest BCUT2D eigenvalue weighted by molar-refractivity contribution is -0.140. The molecule has 3 atom stereocenters. The first kappa shape index (κ1) is 27.8. The summed E-state index contributed by atoms with van der Waals surface area (Å²) in [6, 6.07) is 10.1. The van der Waals surface area contributed by atoms with Gasteiger partial charge in [0.15, 0.2) is 0 Å². The van der Waals surface area contributed by atoms with Gasteiger partial charge in [0.25, 0.3) is 17.4 Å². The van der Waals surface area contributed by atoms with E-state index in [9.17, 15) is 24.0 Å². The highest BCUT2D eigenvalue weighted by Gasteiger charge is 2.32. The lowest BCUT2D eigenvalue weighted by atomic mass is 9.97. The van der Waals surface area contributed by atoms with Crippen LogP contribution in [0.2, 0.25) is 0 Å². The fraction of sp³-hybridized carbons (Fsp3) is 0.414. The number of amides is 3. The molecule has 2 heterocycles. The number of hydrogen-bond donors (Lipinski definition) is 5. The van der Waals surface area contributed by atoms with Crippen LogP contribution in [-0.4, -0.2) is 52.1 Å². The van der Waals surface area contributed by atoms with E-state index < -0.39 is 41.1 Å². The van der Waals surface area contributed by atoms with E-state index in [-0.39, 0.29) is 17.9 Å². The van der Waals surface area contributed by atoms with Crippen molar-refractivity contribution in [3.8, 4) is 0 Å². The number of fused-ring (bicyclic) bond motifs is 1. The summed E-state index contributed by atoms with van der Waals surface area (Å²) in [5.74, 6) is -2.24. The lowest BCUT2D eigenvalue weighted by Crippen LogP contribution is -2.55. The number of carbonyl (C=O) groups is 4. The van der Waals surface area contributed by atoms with Crippen molar-refractivity contribution in [1.82, 2.24) is 25.9 Å². The number of nitrogens with one attached hydrogen (secondary N) is 5. The van der Waals surface area contributed by atoms with Gasteiger partial charge in [-0.3, -0.25) is 24.0 Å². The van der Waals surface area contributed by atoms with Crippen LogP contribution in [0.25, 0.3) is 10.9 Å². The molecule has 0 radical (unpaired) electrons. The Morgan fingerprint density at radius 3 is 2.49 bits per heavy atom. The minimum absolute atomic E-state index is 0.0942. The molecule has 0 bridgehead atoms. The molecule has 1 aromatic carbocycles. The predicted octanol–water partition coefficient (Wildman–Crippen LogP) is 2.21. The molecule has 3 amide bonds. The molecule has 1 saturated carbocycles. The van der Waals surface area contributed by atoms with Crippen molar-refractivity contribution >= 4 is 34.4 Å². The van der Waals surface area contributed by atoms with Crippen molar-refractivity contribution in [2.45, 2.75) is 58.0 Å². The first-order chi connectivity index (χ1) is 18.7. The summed E-state index contributed by atoms with van der Waals surface area (Å²) in [6.07, 6.45) is 4.41. The van der Waals surface area contributed by atoms with Gasteiger partial charge in [0.05, 0.1) is 0 Å². The van der Waals surface area contributed by atoms with Crippen LogP contribution in [0.4, 0.5) is 0 Å². The van der Waals surface area contributed by atoms with Crippen molar-refractivity contribution in [1.29, 1.82) is 0 Å². The van der Waals surface area contributed by atoms with Gasteiger partial charge in [-0.1, -0.05) is 44.5 Å². The average molecular weight is 534 g/mol. The Balaban J connectivity index is 1.53. The molecule has 0 spiro atoms.